The number of rotatable bonds is 6. The standard InChI is InChI=1S/C12H16N4O3/c13-12(14)15-7-6-9(11(18)19)16-10(17)8-4-2-1-3-5-8/h1-5,9H,6-7H2,(H,16,17)(H,18,19)(H4,13,14,15). The van der Waals surface area contributed by atoms with E-state index in [9.17, 15) is 9.59 Å². The highest BCUT2D eigenvalue weighted by atomic mass is 16.4. The van der Waals surface area contributed by atoms with Gasteiger partial charge in [0.05, 0.1) is 0 Å². The summed E-state index contributed by atoms with van der Waals surface area (Å²) in [6.07, 6.45) is 0.117. The van der Waals surface area contributed by atoms with Crippen molar-refractivity contribution in [3.05, 3.63) is 35.9 Å². The Morgan fingerprint density at radius 3 is 2.42 bits per heavy atom. The first kappa shape index (κ1) is 14.5. The highest BCUT2D eigenvalue weighted by Gasteiger charge is 2.19. The van der Waals surface area contributed by atoms with E-state index in [-0.39, 0.29) is 18.9 Å². The van der Waals surface area contributed by atoms with Crippen LogP contribution in [0.15, 0.2) is 35.3 Å². The molecule has 0 saturated carbocycles. The molecule has 0 fully saturated rings. The number of aliphatic carboxylic acids is 1. The number of nitrogens with zero attached hydrogens (tertiary/aromatic N) is 1. The van der Waals surface area contributed by atoms with Gasteiger partial charge >= 0.3 is 5.97 Å². The second-order valence-electron chi connectivity index (χ2n) is 3.83. The fraction of sp³-hybridized carbons (Fsp3) is 0.250. The summed E-state index contributed by atoms with van der Waals surface area (Å²) in [7, 11) is 0. The topological polar surface area (TPSA) is 131 Å². The number of carbonyl (C=O) groups excluding carboxylic acids is 1. The molecule has 0 aliphatic heterocycles. The Balaban J connectivity index is 2.61. The monoisotopic (exact) mass is 264 g/mol. The molecule has 0 aromatic heterocycles. The Kier molecular flexibility index (Phi) is 5.34. The molecule has 0 radical (unpaired) electrons. The molecule has 1 atom stereocenters. The second kappa shape index (κ2) is 7.00. The summed E-state index contributed by atoms with van der Waals surface area (Å²) in [6, 6.07) is 7.34. The normalized spacial score (nSPS) is 11.4. The van der Waals surface area contributed by atoms with Crippen LogP contribution in [-0.2, 0) is 4.79 Å². The predicted octanol–water partition coefficient (Wildman–Crippen LogP) is -0.467. The lowest BCUT2D eigenvalue weighted by molar-refractivity contribution is -0.139. The van der Waals surface area contributed by atoms with Crippen LogP contribution in [0.1, 0.15) is 16.8 Å². The van der Waals surface area contributed by atoms with Crippen LogP contribution >= 0.6 is 0 Å². The number of carbonyl (C=O) groups is 2. The number of hydrogen-bond acceptors (Lipinski definition) is 3. The van der Waals surface area contributed by atoms with E-state index in [1.54, 1.807) is 30.3 Å². The van der Waals surface area contributed by atoms with Crippen LogP contribution in [0.5, 0.6) is 0 Å². The zero-order valence-corrected chi connectivity index (χ0v) is 10.2. The van der Waals surface area contributed by atoms with Crippen LogP contribution in [0.3, 0.4) is 0 Å². The van der Waals surface area contributed by atoms with Gasteiger partial charge in [0.15, 0.2) is 5.96 Å². The highest BCUT2D eigenvalue weighted by molar-refractivity contribution is 5.96. The number of benzene rings is 1. The van der Waals surface area contributed by atoms with E-state index < -0.39 is 17.9 Å². The molecule has 0 bridgehead atoms. The van der Waals surface area contributed by atoms with Crippen molar-refractivity contribution < 1.29 is 14.7 Å². The van der Waals surface area contributed by atoms with Crippen LogP contribution in [-0.4, -0.2) is 35.5 Å². The zero-order chi connectivity index (χ0) is 14.3. The van der Waals surface area contributed by atoms with Gasteiger partial charge in [0.1, 0.15) is 6.04 Å². The Labute approximate surface area is 110 Å². The summed E-state index contributed by atoms with van der Waals surface area (Å²) in [5.74, 6) is -1.69. The third-order valence-corrected chi connectivity index (χ3v) is 2.35. The van der Waals surface area contributed by atoms with E-state index in [0.29, 0.717) is 5.56 Å². The fourth-order valence-electron chi connectivity index (χ4n) is 1.41. The van der Waals surface area contributed by atoms with Gasteiger partial charge in [-0.25, -0.2) is 4.79 Å². The van der Waals surface area contributed by atoms with Gasteiger partial charge in [-0.3, -0.25) is 9.79 Å². The molecule has 7 heteroatoms. The number of aliphatic imine (C=N–C) groups is 1. The fourth-order valence-corrected chi connectivity index (χ4v) is 1.41. The molecule has 1 unspecified atom stereocenters. The third-order valence-electron chi connectivity index (χ3n) is 2.35. The largest absolute Gasteiger partial charge is 0.480 e. The van der Waals surface area contributed by atoms with Crippen molar-refractivity contribution in [2.75, 3.05) is 6.54 Å². The number of guanidine groups is 1. The summed E-state index contributed by atoms with van der Waals surface area (Å²) in [5, 5.41) is 11.4. The first-order chi connectivity index (χ1) is 9.00. The van der Waals surface area contributed by atoms with Crippen molar-refractivity contribution in [3.8, 4) is 0 Å². The molecule has 19 heavy (non-hydrogen) atoms. The number of carboxylic acid groups (broad SMARTS) is 1. The molecule has 0 aliphatic carbocycles. The number of nitrogens with one attached hydrogen (secondary N) is 1. The van der Waals surface area contributed by atoms with Crippen LogP contribution in [0.4, 0.5) is 0 Å². The molecule has 7 nitrogen and oxygen atoms in total. The lowest BCUT2D eigenvalue weighted by Crippen LogP contribution is -2.41. The Bertz CT molecular complexity index is 469. The minimum Gasteiger partial charge on any atom is -0.480 e. The van der Waals surface area contributed by atoms with Gasteiger partial charge in [-0.05, 0) is 18.6 Å². The first-order valence-corrected chi connectivity index (χ1v) is 5.65. The van der Waals surface area contributed by atoms with E-state index in [1.165, 1.54) is 0 Å². The van der Waals surface area contributed by atoms with Crippen LogP contribution in [0.2, 0.25) is 0 Å². The van der Waals surface area contributed by atoms with E-state index in [0.717, 1.165) is 0 Å². The van der Waals surface area contributed by atoms with Gasteiger partial charge in [-0.2, -0.15) is 0 Å². The molecule has 0 saturated heterocycles. The average Bonchev–Trinajstić information content (AvgIpc) is 2.37. The summed E-state index contributed by atoms with van der Waals surface area (Å²) >= 11 is 0. The van der Waals surface area contributed by atoms with Crippen molar-refractivity contribution in [1.82, 2.24) is 5.32 Å². The zero-order valence-electron chi connectivity index (χ0n) is 10.2. The smallest absolute Gasteiger partial charge is 0.326 e. The van der Waals surface area contributed by atoms with Gasteiger partial charge in [0.2, 0.25) is 0 Å². The Morgan fingerprint density at radius 2 is 1.89 bits per heavy atom. The molecule has 1 aromatic rings. The molecule has 0 spiro atoms. The minimum absolute atomic E-state index is 0.112. The van der Waals surface area contributed by atoms with Gasteiger partial charge in [0, 0.05) is 12.1 Å². The molecule has 102 valence electrons. The number of hydrogen-bond donors (Lipinski definition) is 4. The van der Waals surface area contributed by atoms with E-state index in [4.69, 9.17) is 16.6 Å². The van der Waals surface area contributed by atoms with E-state index in [2.05, 4.69) is 10.3 Å². The maximum absolute atomic E-state index is 11.8. The molecule has 0 aliphatic rings. The highest BCUT2D eigenvalue weighted by Crippen LogP contribution is 2.01. The summed E-state index contributed by atoms with van der Waals surface area (Å²) in [6.45, 7) is 0.133. The van der Waals surface area contributed by atoms with Crippen LogP contribution in [0.25, 0.3) is 0 Å². The summed E-state index contributed by atoms with van der Waals surface area (Å²) < 4.78 is 0. The van der Waals surface area contributed by atoms with Crippen molar-refractivity contribution >= 4 is 17.8 Å². The lowest BCUT2D eigenvalue weighted by Gasteiger charge is -2.13. The molecule has 0 heterocycles. The summed E-state index contributed by atoms with van der Waals surface area (Å²) in [4.78, 5) is 26.5. The second-order valence-corrected chi connectivity index (χ2v) is 3.83. The quantitative estimate of drug-likeness (QED) is 0.407. The van der Waals surface area contributed by atoms with Gasteiger partial charge in [0.25, 0.3) is 5.91 Å². The Hall–Kier alpha value is -2.57. The van der Waals surface area contributed by atoms with Crippen molar-refractivity contribution in [2.45, 2.75) is 12.5 Å². The number of carboxylic acids is 1. The molecule has 1 amide bonds. The van der Waals surface area contributed by atoms with Gasteiger partial charge in [-0.1, -0.05) is 18.2 Å². The molecule has 1 aromatic carbocycles. The van der Waals surface area contributed by atoms with Gasteiger partial charge < -0.3 is 21.9 Å². The van der Waals surface area contributed by atoms with Crippen molar-refractivity contribution in [2.24, 2.45) is 16.5 Å². The van der Waals surface area contributed by atoms with Crippen molar-refractivity contribution in [3.63, 3.8) is 0 Å². The van der Waals surface area contributed by atoms with Gasteiger partial charge in [-0.15, -0.1) is 0 Å². The van der Waals surface area contributed by atoms with Crippen LogP contribution < -0.4 is 16.8 Å². The maximum atomic E-state index is 11.8. The summed E-state index contributed by atoms with van der Waals surface area (Å²) in [5.41, 5.74) is 10.7. The van der Waals surface area contributed by atoms with Crippen molar-refractivity contribution in [1.29, 1.82) is 0 Å². The third kappa shape index (κ3) is 5.07. The van der Waals surface area contributed by atoms with E-state index >= 15 is 0 Å². The Morgan fingerprint density at radius 1 is 1.26 bits per heavy atom. The first-order valence-electron chi connectivity index (χ1n) is 5.65. The molecular weight excluding hydrogens is 248 g/mol. The predicted molar refractivity (Wildman–Crippen MR) is 70.6 cm³/mol. The van der Waals surface area contributed by atoms with Crippen LogP contribution in [0, 0.1) is 0 Å². The average molecular weight is 264 g/mol. The number of nitrogens with two attached hydrogens (primary N) is 2. The molecule has 1 rings (SSSR count). The number of amides is 1. The SMILES string of the molecule is NC(N)=NCCC(NC(=O)c1ccccc1)C(=O)O. The van der Waals surface area contributed by atoms with E-state index in [1.807, 2.05) is 0 Å². The minimum atomic E-state index is -1.13. The molecular formula is C12H16N4O3. The molecule has 6 N–H and O–H groups in total. The maximum Gasteiger partial charge on any atom is 0.326 e. The lowest BCUT2D eigenvalue weighted by atomic mass is 10.1.